The number of para-hydroxylation sites is 1. The molecule has 2 aliphatic heterocycles. The van der Waals surface area contributed by atoms with Crippen LogP contribution in [0.4, 0.5) is 10.5 Å². The first-order valence-corrected chi connectivity index (χ1v) is 10.9. The lowest BCUT2D eigenvalue weighted by Crippen LogP contribution is -2.52. The van der Waals surface area contributed by atoms with Gasteiger partial charge in [-0.2, -0.15) is 0 Å². The number of fused-ring (bicyclic) bond motifs is 2. The Morgan fingerprint density at radius 1 is 0.871 bits per heavy atom. The van der Waals surface area contributed by atoms with Gasteiger partial charge in [-0.05, 0) is 29.8 Å². The van der Waals surface area contributed by atoms with Crippen molar-refractivity contribution in [3.8, 4) is 11.5 Å². The molecule has 0 N–H and O–H groups in total. The van der Waals surface area contributed by atoms with Crippen LogP contribution < -0.4 is 9.64 Å². The molecule has 158 valence electrons. The molecule has 0 bridgehead atoms. The number of ether oxygens (including phenoxy) is 1. The van der Waals surface area contributed by atoms with Gasteiger partial charge in [-0.15, -0.1) is 0 Å². The van der Waals surface area contributed by atoms with Gasteiger partial charge in [-0.25, -0.2) is 4.79 Å². The van der Waals surface area contributed by atoms with Crippen LogP contribution in [0.3, 0.4) is 0 Å². The summed E-state index contributed by atoms with van der Waals surface area (Å²) in [7, 11) is 0. The molecule has 3 aromatic carbocycles. The standard InChI is InChI=1S/C25H24ClN3O2/c26-21-10-11-24-22(16-21)29(18-20-8-4-5-9-23(20)31-24)25(30)28-14-12-27(13-15-28)17-19-6-2-1-3-7-19/h1-11,16H,12-15,17-18H2. The highest BCUT2D eigenvalue weighted by atomic mass is 35.5. The van der Waals surface area contributed by atoms with Crippen LogP contribution in [-0.4, -0.2) is 42.0 Å². The molecule has 0 aliphatic carbocycles. The van der Waals surface area contributed by atoms with Gasteiger partial charge in [0, 0.05) is 43.3 Å². The van der Waals surface area contributed by atoms with E-state index in [1.807, 2.05) is 47.4 Å². The molecular weight excluding hydrogens is 410 g/mol. The van der Waals surface area contributed by atoms with Crippen molar-refractivity contribution in [2.24, 2.45) is 0 Å². The van der Waals surface area contributed by atoms with Crippen LogP contribution in [0.2, 0.25) is 5.02 Å². The molecule has 0 spiro atoms. The number of anilines is 1. The predicted molar refractivity (Wildman–Crippen MR) is 123 cm³/mol. The number of rotatable bonds is 2. The van der Waals surface area contributed by atoms with E-state index in [4.69, 9.17) is 16.3 Å². The summed E-state index contributed by atoms with van der Waals surface area (Å²) in [5, 5.41) is 0.582. The van der Waals surface area contributed by atoms with Gasteiger partial charge in [0.1, 0.15) is 5.75 Å². The third-order valence-corrected chi connectivity index (χ3v) is 6.09. The summed E-state index contributed by atoms with van der Waals surface area (Å²) in [5.41, 5.74) is 2.98. The third kappa shape index (κ3) is 4.24. The number of piperazine rings is 1. The third-order valence-electron chi connectivity index (χ3n) is 5.86. The molecule has 0 atom stereocenters. The summed E-state index contributed by atoms with van der Waals surface area (Å²) in [6.45, 7) is 4.45. The number of carbonyl (C=O) groups is 1. The molecule has 0 radical (unpaired) electrons. The molecule has 0 aromatic heterocycles. The summed E-state index contributed by atoms with van der Waals surface area (Å²) in [6, 6.07) is 23.7. The Balaban J connectivity index is 1.34. The Morgan fingerprint density at radius 2 is 1.61 bits per heavy atom. The largest absolute Gasteiger partial charge is 0.455 e. The summed E-state index contributed by atoms with van der Waals surface area (Å²) in [4.78, 5) is 19.7. The Hall–Kier alpha value is -3.02. The van der Waals surface area contributed by atoms with Crippen LogP contribution in [0.15, 0.2) is 72.8 Å². The molecule has 5 rings (SSSR count). The van der Waals surface area contributed by atoms with Crippen molar-refractivity contribution in [1.29, 1.82) is 0 Å². The minimum Gasteiger partial charge on any atom is -0.455 e. The molecule has 2 amide bonds. The average molecular weight is 434 g/mol. The fraction of sp³-hybridized carbons (Fsp3) is 0.240. The Labute approximate surface area is 187 Å². The first kappa shape index (κ1) is 19.9. The Morgan fingerprint density at radius 3 is 2.42 bits per heavy atom. The van der Waals surface area contributed by atoms with Gasteiger partial charge >= 0.3 is 6.03 Å². The summed E-state index contributed by atoms with van der Waals surface area (Å²) >= 11 is 6.28. The van der Waals surface area contributed by atoms with Crippen molar-refractivity contribution in [2.45, 2.75) is 13.1 Å². The molecule has 1 fully saturated rings. The normalized spacial score (nSPS) is 16.2. The molecule has 1 saturated heterocycles. The van der Waals surface area contributed by atoms with Crippen molar-refractivity contribution in [3.05, 3.63) is 88.9 Å². The summed E-state index contributed by atoms with van der Waals surface area (Å²) in [6.07, 6.45) is 0. The van der Waals surface area contributed by atoms with E-state index in [-0.39, 0.29) is 6.03 Å². The van der Waals surface area contributed by atoms with Gasteiger partial charge in [0.25, 0.3) is 0 Å². The number of nitrogens with zero attached hydrogens (tertiary/aromatic N) is 3. The molecule has 5 nitrogen and oxygen atoms in total. The first-order chi connectivity index (χ1) is 15.2. The first-order valence-electron chi connectivity index (χ1n) is 10.6. The zero-order chi connectivity index (χ0) is 21.2. The molecule has 3 aromatic rings. The second-order valence-electron chi connectivity index (χ2n) is 7.94. The van der Waals surface area contributed by atoms with Gasteiger partial charge in [0.05, 0.1) is 12.2 Å². The minimum absolute atomic E-state index is 0.0109. The number of hydrogen-bond acceptors (Lipinski definition) is 3. The van der Waals surface area contributed by atoms with Gasteiger partial charge in [0.2, 0.25) is 0 Å². The lowest BCUT2D eigenvalue weighted by molar-refractivity contribution is 0.139. The quantitative estimate of drug-likeness (QED) is 0.543. The average Bonchev–Trinajstić information content (AvgIpc) is 2.96. The number of amides is 2. The van der Waals surface area contributed by atoms with Crippen LogP contribution in [0.1, 0.15) is 11.1 Å². The number of halogens is 1. The van der Waals surface area contributed by atoms with Crippen molar-refractivity contribution in [1.82, 2.24) is 9.80 Å². The van der Waals surface area contributed by atoms with Crippen molar-refractivity contribution < 1.29 is 9.53 Å². The van der Waals surface area contributed by atoms with Gasteiger partial charge in [-0.3, -0.25) is 9.80 Å². The molecule has 2 heterocycles. The maximum Gasteiger partial charge on any atom is 0.325 e. The van der Waals surface area contributed by atoms with Crippen LogP contribution >= 0.6 is 11.6 Å². The van der Waals surface area contributed by atoms with E-state index >= 15 is 0 Å². The van der Waals surface area contributed by atoms with Crippen LogP contribution in [0.5, 0.6) is 11.5 Å². The predicted octanol–water partition coefficient (Wildman–Crippen LogP) is 5.39. The zero-order valence-corrected chi connectivity index (χ0v) is 18.0. The minimum atomic E-state index is -0.0109. The SMILES string of the molecule is O=C(N1CCN(Cc2ccccc2)CC1)N1Cc2ccccc2Oc2ccc(Cl)cc21. The highest BCUT2D eigenvalue weighted by Crippen LogP contribution is 2.40. The topological polar surface area (TPSA) is 36.0 Å². The van der Waals surface area contributed by atoms with E-state index in [0.29, 0.717) is 36.1 Å². The molecule has 6 heteroatoms. The number of carbonyl (C=O) groups excluding carboxylic acids is 1. The lowest BCUT2D eigenvalue weighted by Gasteiger charge is -2.37. The van der Waals surface area contributed by atoms with E-state index < -0.39 is 0 Å². The fourth-order valence-electron chi connectivity index (χ4n) is 4.18. The van der Waals surface area contributed by atoms with E-state index in [9.17, 15) is 4.79 Å². The molecule has 0 saturated carbocycles. The van der Waals surface area contributed by atoms with Crippen LogP contribution in [0, 0.1) is 0 Å². The maximum atomic E-state index is 13.6. The van der Waals surface area contributed by atoms with E-state index in [1.54, 1.807) is 11.0 Å². The van der Waals surface area contributed by atoms with E-state index in [1.165, 1.54) is 5.56 Å². The van der Waals surface area contributed by atoms with Gasteiger partial charge in [-0.1, -0.05) is 60.1 Å². The van der Waals surface area contributed by atoms with Crippen LogP contribution in [-0.2, 0) is 13.1 Å². The number of hydrogen-bond donors (Lipinski definition) is 0. The fourth-order valence-corrected chi connectivity index (χ4v) is 4.34. The number of benzene rings is 3. The van der Waals surface area contributed by atoms with E-state index in [2.05, 4.69) is 29.2 Å². The van der Waals surface area contributed by atoms with Gasteiger partial charge < -0.3 is 9.64 Å². The molecular formula is C25H24ClN3O2. The maximum absolute atomic E-state index is 13.6. The Kier molecular flexibility index (Phi) is 5.53. The van der Waals surface area contributed by atoms with Crippen LogP contribution in [0.25, 0.3) is 0 Å². The molecule has 2 aliphatic rings. The highest BCUT2D eigenvalue weighted by molar-refractivity contribution is 6.31. The van der Waals surface area contributed by atoms with Crippen molar-refractivity contribution in [2.75, 3.05) is 31.1 Å². The van der Waals surface area contributed by atoms with Crippen molar-refractivity contribution in [3.63, 3.8) is 0 Å². The van der Waals surface area contributed by atoms with E-state index in [0.717, 1.165) is 30.9 Å². The lowest BCUT2D eigenvalue weighted by atomic mass is 10.2. The Bertz CT molecular complexity index is 1080. The summed E-state index contributed by atoms with van der Waals surface area (Å²) in [5.74, 6) is 1.42. The highest BCUT2D eigenvalue weighted by Gasteiger charge is 2.30. The van der Waals surface area contributed by atoms with Crippen molar-refractivity contribution >= 4 is 23.3 Å². The number of urea groups is 1. The second kappa shape index (κ2) is 8.61. The summed E-state index contributed by atoms with van der Waals surface area (Å²) < 4.78 is 6.13. The molecule has 31 heavy (non-hydrogen) atoms. The second-order valence-corrected chi connectivity index (χ2v) is 8.38. The molecule has 0 unspecified atom stereocenters. The zero-order valence-electron chi connectivity index (χ0n) is 17.2. The van der Waals surface area contributed by atoms with Gasteiger partial charge in [0.15, 0.2) is 5.75 Å². The monoisotopic (exact) mass is 433 g/mol. The smallest absolute Gasteiger partial charge is 0.325 e.